The second-order valence-electron chi connectivity index (χ2n) is 9.66. The summed E-state index contributed by atoms with van der Waals surface area (Å²) in [6.45, 7) is 8.00. The summed E-state index contributed by atoms with van der Waals surface area (Å²) in [6, 6.07) is 18.4. The van der Waals surface area contributed by atoms with Crippen LogP contribution in [0.2, 0.25) is 0 Å². The molecule has 1 fully saturated rings. The number of carbonyl (C=O) groups excluding carboxylic acids is 1. The number of amides is 2. The minimum absolute atomic E-state index is 0.0254. The van der Waals surface area contributed by atoms with Gasteiger partial charge in [-0.25, -0.2) is 4.79 Å². The zero-order valence-electron chi connectivity index (χ0n) is 20.5. The van der Waals surface area contributed by atoms with Gasteiger partial charge >= 0.3 is 6.03 Å². The molecule has 1 saturated heterocycles. The first kappa shape index (κ1) is 24.0. The van der Waals surface area contributed by atoms with Crippen molar-refractivity contribution in [2.24, 2.45) is 5.92 Å². The van der Waals surface area contributed by atoms with E-state index in [0.29, 0.717) is 25.6 Å². The van der Waals surface area contributed by atoms with Crippen molar-refractivity contribution in [1.29, 1.82) is 0 Å². The van der Waals surface area contributed by atoms with Crippen molar-refractivity contribution >= 4 is 16.9 Å². The molecule has 0 spiro atoms. The molecule has 6 heteroatoms. The van der Waals surface area contributed by atoms with E-state index in [0.717, 1.165) is 53.7 Å². The molecule has 0 bridgehead atoms. The Bertz CT molecular complexity index is 1070. The molecule has 1 aliphatic heterocycles. The van der Waals surface area contributed by atoms with Gasteiger partial charge in [-0.05, 0) is 68.2 Å². The fourth-order valence-corrected chi connectivity index (χ4v) is 4.40. The number of pyridine rings is 1. The standard InChI is InChI=1S/C28H36N4O2/c1-21(2)20-34-26-11-9-22(10-12-26)18-30-28(33)32(25-13-16-31(3)17-14-25)19-24-7-4-6-23-8-5-15-29-27(23)24/h4-12,15,21,25H,13-14,16-20H2,1-3H3,(H,30,33). The van der Waals surface area contributed by atoms with E-state index in [-0.39, 0.29) is 12.1 Å². The highest BCUT2D eigenvalue weighted by Gasteiger charge is 2.27. The van der Waals surface area contributed by atoms with Gasteiger partial charge in [0.05, 0.1) is 12.1 Å². The molecule has 3 aromatic rings. The molecule has 2 heterocycles. The van der Waals surface area contributed by atoms with E-state index >= 15 is 0 Å². The first-order valence-corrected chi connectivity index (χ1v) is 12.3. The highest BCUT2D eigenvalue weighted by Crippen LogP contribution is 2.23. The zero-order chi connectivity index (χ0) is 23.9. The first-order chi connectivity index (χ1) is 16.5. The summed E-state index contributed by atoms with van der Waals surface area (Å²) in [5, 5.41) is 4.26. The van der Waals surface area contributed by atoms with E-state index in [2.05, 4.69) is 54.3 Å². The number of carbonyl (C=O) groups is 1. The number of likely N-dealkylation sites (tertiary alicyclic amines) is 1. The zero-order valence-corrected chi connectivity index (χ0v) is 20.5. The number of nitrogens with zero attached hydrogens (tertiary/aromatic N) is 3. The van der Waals surface area contributed by atoms with Gasteiger partial charge in [-0.1, -0.05) is 50.2 Å². The van der Waals surface area contributed by atoms with Crippen LogP contribution in [0.1, 0.15) is 37.8 Å². The third-order valence-electron chi connectivity index (χ3n) is 6.40. The van der Waals surface area contributed by atoms with E-state index < -0.39 is 0 Å². The van der Waals surface area contributed by atoms with E-state index in [4.69, 9.17) is 4.74 Å². The molecule has 1 N–H and O–H groups in total. The van der Waals surface area contributed by atoms with Gasteiger partial charge in [-0.3, -0.25) is 4.98 Å². The Morgan fingerprint density at radius 1 is 1.12 bits per heavy atom. The summed E-state index contributed by atoms with van der Waals surface area (Å²) >= 11 is 0. The number of rotatable bonds is 8. The van der Waals surface area contributed by atoms with Crippen molar-refractivity contribution in [3.63, 3.8) is 0 Å². The Kier molecular flexibility index (Phi) is 8.01. The molecular formula is C28H36N4O2. The maximum atomic E-state index is 13.4. The van der Waals surface area contributed by atoms with E-state index in [1.807, 2.05) is 47.5 Å². The number of piperidine rings is 1. The summed E-state index contributed by atoms with van der Waals surface area (Å²) in [4.78, 5) is 22.4. The predicted octanol–water partition coefficient (Wildman–Crippen LogP) is 5.08. The van der Waals surface area contributed by atoms with Gasteiger partial charge < -0.3 is 19.9 Å². The molecule has 4 rings (SSSR count). The highest BCUT2D eigenvalue weighted by molar-refractivity contribution is 5.82. The van der Waals surface area contributed by atoms with Crippen LogP contribution >= 0.6 is 0 Å². The van der Waals surface area contributed by atoms with Gasteiger partial charge in [0.25, 0.3) is 0 Å². The molecule has 0 aliphatic carbocycles. The molecule has 1 aromatic heterocycles. The highest BCUT2D eigenvalue weighted by atomic mass is 16.5. The fraction of sp³-hybridized carbons (Fsp3) is 0.429. The van der Waals surface area contributed by atoms with Crippen molar-refractivity contribution in [2.45, 2.75) is 45.8 Å². The lowest BCUT2D eigenvalue weighted by Crippen LogP contribution is -2.49. The van der Waals surface area contributed by atoms with Crippen LogP contribution in [0.4, 0.5) is 4.79 Å². The second kappa shape index (κ2) is 11.3. The number of hydrogen-bond acceptors (Lipinski definition) is 4. The summed E-state index contributed by atoms with van der Waals surface area (Å²) < 4.78 is 5.77. The van der Waals surface area contributed by atoms with Gasteiger partial charge in [-0.2, -0.15) is 0 Å². The summed E-state index contributed by atoms with van der Waals surface area (Å²) in [5.41, 5.74) is 3.10. The van der Waals surface area contributed by atoms with Crippen LogP contribution < -0.4 is 10.1 Å². The number of urea groups is 1. The number of hydrogen-bond donors (Lipinski definition) is 1. The quantitative estimate of drug-likeness (QED) is 0.510. The molecule has 0 radical (unpaired) electrons. The number of ether oxygens (including phenoxy) is 1. The van der Waals surface area contributed by atoms with Crippen LogP contribution in [0.5, 0.6) is 5.75 Å². The van der Waals surface area contributed by atoms with Crippen LogP contribution in [0.15, 0.2) is 60.8 Å². The Labute approximate surface area is 202 Å². The molecule has 1 aliphatic rings. The van der Waals surface area contributed by atoms with Gasteiger partial charge in [0.1, 0.15) is 5.75 Å². The average molecular weight is 461 g/mol. The van der Waals surface area contributed by atoms with Crippen LogP contribution in [0.25, 0.3) is 10.9 Å². The lowest BCUT2D eigenvalue weighted by atomic mass is 10.0. The van der Waals surface area contributed by atoms with Crippen LogP contribution in [-0.4, -0.2) is 53.6 Å². The molecular weight excluding hydrogens is 424 g/mol. The number of fused-ring (bicyclic) bond motifs is 1. The van der Waals surface area contributed by atoms with E-state index in [9.17, 15) is 4.79 Å². The van der Waals surface area contributed by atoms with E-state index in [1.54, 1.807) is 0 Å². The maximum absolute atomic E-state index is 13.4. The number of benzene rings is 2. The van der Waals surface area contributed by atoms with Crippen molar-refractivity contribution < 1.29 is 9.53 Å². The largest absolute Gasteiger partial charge is 0.493 e. The average Bonchev–Trinajstić information content (AvgIpc) is 2.86. The lowest BCUT2D eigenvalue weighted by Gasteiger charge is -2.37. The Hall–Kier alpha value is -3.12. The smallest absolute Gasteiger partial charge is 0.318 e. The molecule has 0 saturated carbocycles. The normalized spacial score (nSPS) is 14.9. The molecule has 180 valence electrons. The van der Waals surface area contributed by atoms with Crippen LogP contribution in [0, 0.1) is 5.92 Å². The van der Waals surface area contributed by atoms with Crippen molar-refractivity contribution in [3.05, 3.63) is 71.9 Å². The first-order valence-electron chi connectivity index (χ1n) is 12.3. The Balaban J connectivity index is 1.46. The summed E-state index contributed by atoms with van der Waals surface area (Å²) in [7, 11) is 2.14. The third-order valence-corrected chi connectivity index (χ3v) is 6.40. The second-order valence-corrected chi connectivity index (χ2v) is 9.66. The van der Waals surface area contributed by atoms with Crippen LogP contribution in [0.3, 0.4) is 0 Å². The SMILES string of the molecule is CC(C)COc1ccc(CNC(=O)N(Cc2cccc3cccnc23)C2CCN(C)CC2)cc1. The van der Waals surface area contributed by atoms with Gasteiger partial charge in [0, 0.05) is 30.7 Å². The van der Waals surface area contributed by atoms with E-state index in [1.165, 1.54) is 0 Å². The predicted molar refractivity (Wildman–Crippen MR) is 137 cm³/mol. The van der Waals surface area contributed by atoms with Crippen molar-refractivity contribution in [2.75, 3.05) is 26.7 Å². The number of nitrogens with one attached hydrogen (secondary N) is 1. The molecule has 2 amide bonds. The maximum Gasteiger partial charge on any atom is 0.318 e. The fourth-order valence-electron chi connectivity index (χ4n) is 4.40. The monoisotopic (exact) mass is 460 g/mol. The van der Waals surface area contributed by atoms with Gasteiger partial charge in [0.15, 0.2) is 0 Å². The Morgan fingerprint density at radius 2 is 1.85 bits per heavy atom. The van der Waals surface area contributed by atoms with Crippen molar-refractivity contribution in [3.8, 4) is 5.75 Å². The number of para-hydroxylation sites is 1. The molecule has 0 atom stereocenters. The lowest BCUT2D eigenvalue weighted by molar-refractivity contribution is 0.127. The van der Waals surface area contributed by atoms with Gasteiger partial charge in [0.2, 0.25) is 0 Å². The third kappa shape index (κ3) is 6.26. The number of aromatic nitrogens is 1. The van der Waals surface area contributed by atoms with Crippen LogP contribution in [-0.2, 0) is 13.1 Å². The minimum atomic E-state index is -0.0254. The molecule has 34 heavy (non-hydrogen) atoms. The minimum Gasteiger partial charge on any atom is -0.493 e. The molecule has 2 aromatic carbocycles. The van der Waals surface area contributed by atoms with Crippen molar-refractivity contribution in [1.82, 2.24) is 20.1 Å². The topological polar surface area (TPSA) is 57.7 Å². The summed E-state index contributed by atoms with van der Waals surface area (Å²) in [6.07, 6.45) is 3.77. The molecule has 0 unspecified atom stereocenters. The summed E-state index contributed by atoms with van der Waals surface area (Å²) in [5.74, 6) is 1.35. The van der Waals surface area contributed by atoms with Gasteiger partial charge in [-0.15, -0.1) is 0 Å². The Morgan fingerprint density at radius 3 is 2.59 bits per heavy atom. The molecule has 6 nitrogen and oxygen atoms in total.